The van der Waals surface area contributed by atoms with Gasteiger partial charge in [0.05, 0.1) is 6.61 Å². The Kier molecular flexibility index (Phi) is 13.6. The van der Waals surface area contributed by atoms with E-state index >= 15 is 0 Å². The quantitative estimate of drug-likeness (QED) is 0.659. The Balaban J connectivity index is 0.00000264. The molecule has 0 saturated carbocycles. The van der Waals surface area contributed by atoms with Gasteiger partial charge in [-0.15, -0.1) is 24.8 Å². The van der Waals surface area contributed by atoms with Crippen LogP contribution in [-0.2, 0) is 9.53 Å². The van der Waals surface area contributed by atoms with E-state index in [9.17, 15) is 4.79 Å². The number of halogens is 2. The zero-order chi connectivity index (χ0) is 15.8. The molecule has 0 aromatic rings. The molecule has 2 rings (SSSR count). The minimum absolute atomic E-state index is 0. The second-order valence-corrected chi connectivity index (χ2v) is 7.21. The summed E-state index contributed by atoms with van der Waals surface area (Å²) >= 11 is 1.95. The van der Waals surface area contributed by atoms with Crippen LogP contribution in [0, 0.1) is 0 Å². The maximum atomic E-state index is 12.5. The summed E-state index contributed by atoms with van der Waals surface area (Å²) in [7, 11) is 0. The van der Waals surface area contributed by atoms with E-state index in [0.717, 1.165) is 58.1 Å². The number of nitrogens with one attached hydrogen (secondary N) is 1. The van der Waals surface area contributed by atoms with Gasteiger partial charge in [0.2, 0.25) is 5.91 Å². The molecule has 2 aliphatic heterocycles. The van der Waals surface area contributed by atoms with Gasteiger partial charge in [0.25, 0.3) is 0 Å². The van der Waals surface area contributed by atoms with Gasteiger partial charge < -0.3 is 15.0 Å². The normalized spacial score (nSPS) is 24.8. The van der Waals surface area contributed by atoms with E-state index in [-0.39, 0.29) is 24.8 Å². The van der Waals surface area contributed by atoms with Crippen LogP contribution < -0.4 is 5.32 Å². The van der Waals surface area contributed by atoms with Crippen molar-refractivity contribution in [3.63, 3.8) is 0 Å². The molecule has 0 aliphatic carbocycles. The van der Waals surface area contributed by atoms with Crippen LogP contribution in [0.4, 0.5) is 0 Å². The third-order valence-electron chi connectivity index (χ3n) is 4.58. The van der Waals surface area contributed by atoms with Crippen molar-refractivity contribution in [1.29, 1.82) is 0 Å². The van der Waals surface area contributed by atoms with E-state index in [2.05, 4.69) is 22.0 Å². The number of carbonyl (C=O) groups excluding carboxylic acids is 1. The van der Waals surface area contributed by atoms with Crippen molar-refractivity contribution in [2.75, 3.05) is 57.4 Å². The van der Waals surface area contributed by atoms with Crippen molar-refractivity contribution in [1.82, 2.24) is 15.1 Å². The van der Waals surface area contributed by atoms with Gasteiger partial charge in [-0.25, -0.2) is 0 Å². The standard InChI is InChI=1S/C16H31N3O2S.2ClH/c1-3-15-12-19(7-6-18(15)8-9-21-4-2)16(20)11-14-13-22-10-5-17-14;;/h14-15,17H,3-13H2,1-2H3;2*1H. The Morgan fingerprint density at radius 3 is 2.71 bits per heavy atom. The van der Waals surface area contributed by atoms with Gasteiger partial charge >= 0.3 is 0 Å². The lowest BCUT2D eigenvalue weighted by Crippen LogP contribution is -2.56. The molecular weight excluding hydrogens is 369 g/mol. The van der Waals surface area contributed by atoms with E-state index in [1.54, 1.807) is 0 Å². The number of hydrogen-bond acceptors (Lipinski definition) is 5. The smallest absolute Gasteiger partial charge is 0.224 e. The summed E-state index contributed by atoms with van der Waals surface area (Å²) in [4.78, 5) is 17.1. The molecule has 0 radical (unpaired) electrons. The summed E-state index contributed by atoms with van der Waals surface area (Å²) in [5.41, 5.74) is 0. The summed E-state index contributed by atoms with van der Waals surface area (Å²) < 4.78 is 5.47. The number of amides is 1. The third kappa shape index (κ3) is 7.67. The largest absolute Gasteiger partial charge is 0.380 e. The molecule has 0 spiro atoms. The Morgan fingerprint density at radius 2 is 2.08 bits per heavy atom. The highest BCUT2D eigenvalue weighted by atomic mass is 35.5. The highest BCUT2D eigenvalue weighted by Crippen LogP contribution is 2.16. The fraction of sp³-hybridized carbons (Fsp3) is 0.938. The number of ether oxygens (including phenoxy) is 1. The molecule has 144 valence electrons. The predicted octanol–water partition coefficient (Wildman–Crippen LogP) is 1.88. The van der Waals surface area contributed by atoms with Crippen LogP contribution in [-0.4, -0.2) is 85.2 Å². The van der Waals surface area contributed by atoms with Crippen LogP contribution in [0.15, 0.2) is 0 Å². The summed E-state index contributed by atoms with van der Waals surface area (Å²) in [5, 5.41) is 3.46. The van der Waals surface area contributed by atoms with E-state index in [0.29, 0.717) is 24.4 Å². The SMILES string of the molecule is CCOCCN1CCN(C(=O)CC2CSCCN2)CC1CC.Cl.Cl. The van der Waals surface area contributed by atoms with E-state index < -0.39 is 0 Å². The van der Waals surface area contributed by atoms with Crippen molar-refractivity contribution >= 4 is 42.5 Å². The molecule has 2 unspecified atom stereocenters. The van der Waals surface area contributed by atoms with Crippen LogP contribution >= 0.6 is 36.6 Å². The fourth-order valence-corrected chi connectivity index (χ4v) is 4.17. The second-order valence-electron chi connectivity index (χ2n) is 6.06. The van der Waals surface area contributed by atoms with Crippen molar-refractivity contribution in [2.45, 2.75) is 38.8 Å². The zero-order valence-electron chi connectivity index (χ0n) is 14.9. The highest BCUT2D eigenvalue weighted by Gasteiger charge is 2.29. The van der Waals surface area contributed by atoms with Gasteiger partial charge in [-0.2, -0.15) is 11.8 Å². The topological polar surface area (TPSA) is 44.8 Å². The molecule has 0 aromatic heterocycles. The molecule has 0 aromatic carbocycles. The summed E-state index contributed by atoms with van der Waals surface area (Å²) in [5.74, 6) is 2.56. The minimum Gasteiger partial charge on any atom is -0.380 e. The number of rotatable bonds is 7. The molecule has 8 heteroatoms. The van der Waals surface area contributed by atoms with Gasteiger partial charge in [-0.05, 0) is 13.3 Å². The Hall–Kier alpha value is 0.280. The molecule has 2 atom stereocenters. The van der Waals surface area contributed by atoms with Gasteiger partial charge in [-0.1, -0.05) is 6.92 Å². The number of nitrogens with zero attached hydrogens (tertiary/aromatic N) is 2. The summed E-state index contributed by atoms with van der Waals surface area (Å²) in [6, 6.07) is 0.842. The van der Waals surface area contributed by atoms with Crippen LogP contribution in [0.3, 0.4) is 0 Å². The van der Waals surface area contributed by atoms with E-state index in [1.807, 2.05) is 18.7 Å². The molecule has 1 N–H and O–H groups in total. The Morgan fingerprint density at radius 1 is 1.29 bits per heavy atom. The number of thioether (sulfide) groups is 1. The van der Waals surface area contributed by atoms with E-state index in [4.69, 9.17) is 4.74 Å². The molecule has 24 heavy (non-hydrogen) atoms. The molecular formula is C16H33Cl2N3O2S. The average molecular weight is 402 g/mol. The molecule has 1 amide bonds. The lowest BCUT2D eigenvalue weighted by molar-refractivity contribution is -0.134. The van der Waals surface area contributed by atoms with Crippen molar-refractivity contribution < 1.29 is 9.53 Å². The van der Waals surface area contributed by atoms with Gasteiger partial charge in [0, 0.05) is 69.3 Å². The number of hydrogen-bond donors (Lipinski definition) is 1. The molecule has 0 bridgehead atoms. The number of carbonyl (C=O) groups is 1. The monoisotopic (exact) mass is 401 g/mol. The van der Waals surface area contributed by atoms with Crippen molar-refractivity contribution in [3.8, 4) is 0 Å². The highest BCUT2D eigenvalue weighted by molar-refractivity contribution is 7.99. The first kappa shape index (κ1) is 24.3. The van der Waals surface area contributed by atoms with Crippen LogP contribution in [0.1, 0.15) is 26.7 Å². The Bertz CT molecular complexity index is 347. The summed E-state index contributed by atoms with van der Waals surface area (Å²) in [6.45, 7) is 10.6. The maximum Gasteiger partial charge on any atom is 0.224 e. The van der Waals surface area contributed by atoms with E-state index in [1.165, 1.54) is 5.75 Å². The molecule has 2 saturated heterocycles. The van der Waals surface area contributed by atoms with Gasteiger partial charge in [0.15, 0.2) is 0 Å². The maximum absolute atomic E-state index is 12.5. The predicted molar refractivity (Wildman–Crippen MR) is 107 cm³/mol. The zero-order valence-corrected chi connectivity index (χ0v) is 17.3. The molecule has 2 heterocycles. The first-order valence-corrected chi connectivity index (χ1v) is 9.80. The fourth-order valence-electron chi connectivity index (χ4n) is 3.22. The number of piperazine rings is 1. The van der Waals surface area contributed by atoms with Crippen LogP contribution in [0.2, 0.25) is 0 Å². The lowest BCUT2D eigenvalue weighted by Gasteiger charge is -2.41. The first-order chi connectivity index (χ1) is 10.7. The molecule has 2 aliphatic rings. The van der Waals surface area contributed by atoms with Crippen LogP contribution in [0.5, 0.6) is 0 Å². The van der Waals surface area contributed by atoms with Gasteiger partial charge in [0.1, 0.15) is 0 Å². The lowest BCUT2D eigenvalue weighted by atomic mass is 10.1. The third-order valence-corrected chi connectivity index (χ3v) is 5.71. The average Bonchev–Trinajstić information content (AvgIpc) is 2.56. The van der Waals surface area contributed by atoms with Crippen molar-refractivity contribution in [3.05, 3.63) is 0 Å². The molecule has 5 nitrogen and oxygen atoms in total. The van der Waals surface area contributed by atoms with Crippen LogP contribution in [0.25, 0.3) is 0 Å². The van der Waals surface area contributed by atoms with Gasteiger partial charge in [-0.3, -0.25) is 9.69 Å². The minimum atomic E-state index is 0. The Labute approximate surface area is 163 Å². The van der Waals surface area contributed by atoms with Crippen molar-refractivity contribution in [2.24, 2.45) is 0 Å². The molecule has 2 fully saturated rings. The second kappa shape index (κ2) is 13.5. The summed E-state index contributed by atoms with van der Waals surface area (Å²) in [6.07, 6.45) is 1.75. The first-order valence-electron chi connectivity index (χ1n) is 8.65.